The van der Waals surface area contributed by atoms with Crippen molar-refractivity contribution in [3.63, 3.8) is 0 Å². The van der Waals surface area contributed by atoms with Crippen LogP contribution in [0.25, 0.3) is 0 Å². The summed E-state index contributed by atoms with van der Waals surface area (Å²) in [6.45, 7) is 11.8. The molecule has 1 aromatic rings. The summed E-state index contributed by atoms with van der Waals surface area (Å²) < 4.78 is 13.8. The number of benzene rings is 1. The van der Waals surface area contributed by atoms with Crippen LogP contribution in [0, 0.1) is 5.82 Å². The Morgan fingerprint density at radius 1 is 1.17 bits per heavy atom. The Balaban J connectivity index is 2.70. The average molecular weight is 316 g/mol. The van der Waals surface area contributed by atoms with Gasteiger partial charge in [-0.3, -0.25) is 0 Å². The van der Waals surface area contributed by atoms with Crippen molar-refractivity contribution in [2.24, 2.45) is 0 Å². The zero-order chi connectivity index (χ0) is 14.0. The Hall–Kier alpha value is -0.410. The fourth-order valence-electron chi connectivity index (χ4n) is 1.81. The van der Waals surface area contributed by atoms with Gasteiger partial charge in [0.05, 0.1) is 4.47 Å². The highest BCUT2D eigenvalue weighted by Crippen LogP contribution is 2.29. The van der Waals surface area contributed by atoms with Gasteiger partial charge in [-0.1, -0.05) is 19.9 Å². The van der Waals surface area contributed by atoms with E-state index in [0.717, 1.165) is 18.5 Å². The molecule has 1 nitrogen and oxygen atoms in total. The average Bonchev–Trinajstić information content (AvgIpc) is 2.19. The molecule has 1 N–H and O–H groups in total. The third-order valence-electron chi connectivity index (χ3n) is 3.11. The molecular formula is C15H23BrFN. The fourth-order valence-corrected chi connectivity index (χ4v) is 2.19. The second-order valence-corrected chi connectivity index (χ2v) is 7.29. The molecule has 0 amide bonds. The molecule has 0 spiro atoms. The summed E-state index contributed by atoms with van der Waals surface area (Å²) in [5, 5.41) is 3.49. The van der Waals surface area contributed by atoms with Gasteiger partial charge in [0.25, 0.3) is 0 Å². The van der Waals surface area contributed by atoms with Gasteiger partial charge in [-0.05, 0) is 72.8 Å². The molecule has 0 aromatic heterocycles. The van der Waals surface area contributed by atoms with E-state index in [9.17, 15) is 4.39 Å². The van der Waals surface area contributed by atoms with Gasteiger partial charge in [0.15, 0.2) is 0 Å². The molecule has 102 valence electrons. The maximum absolute atomic E-state index is 13.2. The van der Waals surface area contributed by atoms with E-state index in [4.69, 9.17) is 0 Å². The van der Waals surface area contributed by atoms with Crippen molar-refractivity contribution in [3.8, 4) is 0 Å². The lowest BCUT2D eigenvalue weighted by Crippen LogP contribution is -2.38. The minimum atomic E-state index is -0.206. The van der Waals surface area contributed by atoms with Crippen LogP contribution in [0.15, 0.2) is 22.7 Å². The zero-order valence-corrected chi connectivity index (χ0v) is 13.5. The molecule has 0 aliphatic heterocycles. The number of rotatable bonds is 4. The highest BCUT2D eigenvalue weighted by atomic mass is 79.9. The quantitative estimate of drug-likeness (QED) is 0.853. The first-order chi connectivity index (χ1) is 8.12. The van der Waals surface area contributed by atoms with E-state index in [1.807, 2.05) is 12.1 Å². The molecular weight excluding hydrogens is 293 g/mol. The fraction of sp³-hybridized carbons (Fsp3) is 0.600. The first kappa shape index (κ1) is 15.6. The minimum Gasteiger partial charge on any atom is -0.312 e. The summed E-state index contributed by atoms with van der Waals surface area (Å²) in [7, 11) is 0. The number of hydrogen-bond acceptors (Lipinski definition) is 1. The van der Waals surface area contributed by atoms with Crippen molar-refractivity contribution < 1.29 is 4.39 Å². The van der Waals surface area contributed by atoms with Crippen molar-refractivity contribution in [1.82, 2.24) is 5.32 Å². The monoisotopic (exact) mass is 315 g/mol. The lowest BCUT2D eigenvalue weighted by molar-refractivity contribution is 0.379. The summed E-state index contributed by atoms with van der Waals surface area (Å²) in [5.74, 6) is -0.206. The normalized spacial score (nSPS) is 12.8. The molecule has 1 rings (SSSR count). The molecule has 0 heterocycles. The lowest BCUT2D eigenvalue weighted by atomic mass is 9.81. The van der Waals surface area contributed by atoms with Crippen LogP contribution in [0.2, 0.25) is 0 Å². The van der Waals surface area contributed by atoms with E-state index in [2.05, 4.69) is 55.9 Å². The third-order valence-corrected chi connectivity index (χ3v) is 3.71. The van der Waals surface area contributed by atoms with E-state index in [0.29, 0.717) is 4.47 Å². The molecule has 0 unspecified atom stereocenters. The smallest absolute Gasteiger partial charge is 0.137 e. The van der Waals surface area contributed by atoms with Gasteiger partial charge in [-0.25, -0.2) is 4.39 Å². The summed E-state index contributed by atoms with van der Waals surface area (Å²) >= 11 is 3.25. The van der Waals surface area contributed by atoms with Crippen LogP contribution >= 0.6 is 15.9 Å². The van der Waals surface area contributed by atoms with Gasteiger partial charge in [-0.2, -0.15) is 0 Å². The van der Waals surface area contributed by atoms with E-state index in [1.54, 1.807) is 0 Å². The van der Waals surface area contributed by atoms with Gasteiger partial charge in [0.1, 0.15) is 5.82 Å². The standard InChI is InChI=1S/C15H23BrFN/c1-14(2,3)18-9-8-15(4,5)11-6-7-13(17)12(16)10-11/h6-7,10,18H,8-9H2,1-5H3. The van der Waals surface area contributed by atoms with Crippen LogP contribution in [-0.2, 0) is 5.41 Å². The van der Waals surface area contributed by atoms with Gasteiger partial charge in [0, 0.05) is 5.54 Å². The molecule has 3 heteroatoms. The summed E-state index contributed by atoms with van der Waals surface area (Å²) in [6.07, 6.45) is 1.02. The zero-order valence-electron chi connectivity index (χ0n) is 11.9. The maximum atomic E-state index is 13.2. The topological polar surface area (TPSA) is 12.0 Å². The number of nitrogens with one attached hydrogen (secondary N) is 1. The molecule has 18 heavy (non-hydrogen) atoms. The Kier molecular flexibility index (Phi) is 4.96. The largest absolute Gasteiger partial charge is 0.312 e. The lowest BCUT2D eigenvalue weighted by Gasteiger charge is -2.28. The number of halogens is 2. The predicted molar refractivity (Wildman–Crippen MR) is 79.5 cm³/mol. The molecule has 0 fully saturated rings. The Morgan fingerprint density at radius 2 is 1.78 bits per heavy atom. The highest BCUT2D eigenvalue weighted by Gasteiger charge is 2.22. The van der Waals surface area contributed by atoms with Gasteiger partial charge >= 0.3 is 0 Å². The van der Waals surface area contributed by atoms with Crippen LogP contribution in [0.3, 0.4) is 0 Å². The first-order valence-corrected chi connectivity index (χ1v) is 7.12. The Morgan fingerprint density at radius 3 is 2.28 bits per heavy atom. The van der Waals surface area contributed by atoms with E-state index in [-0.39, 0.29) is 16.8 Å². The van der Waals surface area contributed by atoms with Crippen molar-refractivity contribution in [3.05, 3.63) is 34.1 Å². The van der Waals surface area contributed by atoms with Crippen LogP contribution < -0.4 is 5.32 Å². The van der Waals surface area contributed by atoms with Crippen LogP contribution in [-0.4, -0.2) is 12.1 Å². The molecule has 0 aliphatic rings. The molecule has 0 saturated heterocycles. The SMILES string of the molecule is CC(C)(C)NCCC(C)(C)c1ccc(F)c(Br)c1. The molecule has 0 bridgehead atoms. The second-order valence-electron chi connectivity index (χ2n) is 6.44. The van der Waals surface area contributed by atoms with Crippen LogP contribution in [0.1, 0.15) is 46.6 Å². The van der Waals surface area contributed by atoms with Crippen LogP contribution in [0.4, 0.5) is 4.39 Å². The van der Waals surface area contributed by atoms with Crippen molar-refractivity contribution >= 4 is 15.9 Å². The molecule has 1 aromatic carbocycles. The summed E-state index contributed by atoms with van der Waals surface area (Å²) in [5.41, 5.74) is 1.33. The van der Waals surface area contributed by atoms with Crippen molar-refractivity contribution in [2.45, 2.75) is 52.0 Å². The molecule has 0 aliphatic carbocycles. The van der Waals surface area contributed by atoms with E-state index in [1.165, 1.54) is 6.07 Å². The van der Waals surface area contributed by atoms with Gasteiger partial charge in [0.2, 0.25) is 0 Å². The highest BCUT2D eigenvalue weighted by molar-refractivity contribution is 9.10. The predicted octanol–water partition coefficient (Wildman–Crippen LogP) is 4.64. The van der Waals surface area contributed by atoms with Gasteiger partial charge in [-0.15, -0.1) is 0 Å². The Bertz CT molecular complexity index is 407. The second kappa shape index (κ2) is 5.70. The molecule has 0 saturated carbocycles. The number of hydrogen-bond donors (Lipinski definition) is 1. The van der Waals surface area contributed by atoms with E-state index >= 15 is 0 Å². The molecule has 0 radical (unpaired) electrons. The van der Waals surface area contributed by atoms with Crippen molar-refractivity contribution in [2.75, 3.05) is 6.54 Å². The Labute approximate surface area is 118 Å². The minimum absolute atomic E-state index is 0.0362. The van der Waals surface area contributed by atoms with Crippen LogP contribution in [0.5, 0.6) is 0 Å². The third kappa shape index (κ3) is 4.69. The summed E-state index contributed by atoms with van der Waals surface area (Å²) in [4.78, 5) is 0. The molecule has 0 atom stereocenters. The van der Waals surface area contributed by atoms with Gasteiger partial charge < -0.3 is 5.32 Å². The maximum Gasteiger partial charge on any atom is 0.137 e. The van der Waals surface area contributed by atoms with Crippen molar-refractivity contribution in [1.29, 1.82) is 0 Å². The first-order valence-electron chi connectivity index (χ1n) is 6.32. The summed E-state index contributed by atoms with van der Waals surface area (Å²) in [6, 6.07) is 5.28. The van der Waals surface area contributed by atoms with E-state index < -0.39 is 0 Å².